The monoisotopic (exact) mass is 1730 g/mol. The van der Waals surface area contributed by atoms with E-state index < -0.39 is 23.8 Å². The molecule has 0 aromatic carbocycles. The van der Waals surface area contributed by atoms with Crippen LogP contribution in [0.5, 0.6) is 0 Å². The van der Waals surface area contributed by atoms with Gasteiger partial charge in [-0.25, -0.2) is 0 Å². The van der Waals surface area contributed by atoms with E-state index in [-0.39, 0.29) is 159 Å². The molecule has 0 spiro atoms. The van der Waals surface area contributed by atoms with E-state index in [9.17, 15) is 43.2 Å². The maximum Gasteiger partial charge on any atom is 0.305 e. The van der Waals surface area contributed by atoms with Crippen molar-refractivity contribution in [1.82, 2.24) is 25.8 Å². The largest absolute Gasteiger partial charge is 0.464 e. The normalized spacial score (nSPS) is 12.3. The lowest BCUT2D eigenvalue weighted by atomic mass is 10.1. The van der Waals surface area contributed by atoms with Crippen LogP contribution >= 0.6 is 0 Å². The summed E-state index contributed by atoms with van der Waals surface area (Å²) >= 11 is 0. The predicted molar refractivity (Wildman–Crippen MR) is 507 cm³/mol. The number of nitrogens with zero attached hydrogens (tertiary/aromatic N) is 2. The Kier molecular flexibility index (Phi) is 88.0. The van der Waals surface area contributed by atoms with Crippen LogP contribution in [0.3, 0.4) is 0 Å². The van der Waals surface area contributed by atoms with E-state index >= 15 is 0 Å². The van der Waals surface area contributed by atoms with Gasteiger partial charge in [0.25, 0.3) is 0 Å². The summed E-state index contributed by atoms with van der Waals surface area (Å²) in [5.74, 6) is -3.52. The van der Waals surface area contributed by atoms with Gasteiger partial charge in [-0.3, -0.25) is 43.2 Å². The van der Waals surface area contributed by atoms with Crippen molar-refractivity contribution < 1.29 is 76.3 Å². The molecule has 0 bridgehead atoms. The van der Waals surface area contributed by atoms with Crippen molar-refractivity contribution in [2.24, 2.45) is 0 Å². The zero-order valence-corrected chi connectivity index (χ0v) is 78.1. The molecule has 1 atom stereocenters. The Balaban J connectivity index is 5.89. The van der Waals surface area contributed by atoms with Gasteiger partial charge in [-0.15, -0.1) is 0 Å². The summed E-state index contributed by atoms with van der Waals surface area (Å²) in [6.45, 7) is 13.5. The minimum Gasteiger partial charge on any atom is -0.464 e. The van der Waals surface area contributed by atoms with Gasteiger partial charge in [-0.05, 0) is 187 Å². The average molecular weight is 1740 g/mol. The molecule has 0 aliphatic rings. The van der Waals surface area contributed by atoms with E-state index in [1.807, 2.05) is 6.92 Å². The number of amides is 5. The van der Waals surface area contributed by atoms with Gasteiger partial charge in [-0.2, -0.15) is 0 Å². The molecule has 0 saturated heterocycles. The molecule has 0 heterocycles. The Bertz CT molecular complexity index is 2880. The summed E-state index contributed by atoms with van der Waals surface area (Å²) < 4.78 is 38.9. The van der Waals surface area contributed by atoms with Crippen LogP contribution in [-0.2, 0) is 76.3 Å². The van der Waals surface area contributed by atoms with Gasteiger partial charge in [-0.1, -0.05) is 251 Å². The van der Waals surface area contributed by atoms with Crippen LogP contribution in [-0.4, -0.2) is 175 Å². The Morgan fingerprint density at radius 2 is 0.540 bits per heavy atom. The molecule has 0 fully saturated rings. The van der Waals surface area contributed by atoms with E-state index in [2.05, 4.69) is 189 Å². The third kappa shape index (κ3) is 84.8. The van der Waals surface area contributed by atoms with Crippen LogP contribution in [0.25, 0.3) is 0 Å². The molecular weight excluding hydrogens is 1560 g/mol. The highest BCUT2D eigenvalue weighted by molar-refractivity contribution is 5.89. The maximum atomic E-state index is 14.0. The van der Waals surface area contributed by atoms with Crippen LogP contribution < -0.4 is 16.0 Å². The minimum atomic E-state index is -0.987. The van der Waals surface area contributed by atoms with E-state index in [0.29, 0.717) is 84.6 Å². The number of allylic oxidation sites excluding steroid dienone is 24. The second kappa shape index (κ2) is 94.1. The first-order valence-corrected chi connectivity index (χ1v) is 48.4. The molecule has 0 rings (SSSR count). The molecule has 0 aliphatic heterocycles. The number of rotatable bonds is 88. The van der Waals surface area contributed by atoms with E-state index in [1.54, 1.807) is 0 Å². The second-order valence-electron chi connectivity index (χ2n) is 31.1. The first-order valence-electron chi connectivity index (χ1n) is 48.4. The fraction of sp³-hybridized carbons (Fsp3) is 0.680. The van der Waals surface area contributed by atoms with Crippen molar-refractivity contribution in [2.75, 3.05) is 105 Å². The number of unbranched alkanes of at least 4 members (excludes halogenated alkanes) is 21. The van der Waals surface area contributed by atoms with Gasteiger partial charge in [0.1, 0.15) is 32.5 Å². The summed E-state index contributed by atoms with van der Waals surface area (Å²) in [7, 11) is 0. The molecule has 0 unspecified atom stereocenters. The van der Waals surface area contributed by atoms with Crippen molar-refractivity contribution in [3.05, 3.63) is 146 Å². The molecule has 0 saturated carbocycles. The number of carbonyl (C=O) groups is 9. The topological polar surface area (TPSA) is 261 Å². The number of ether oxygens (including phenoxy) is 7. The molecule has 124 heavy (non-hydrogen) atoms. The SMILES string of the molecule is CC/C=C\C/C=C\C/C=C\CCCCCCCC(=O)OCCN(CCOC(=O)CCCCCCC/C=C\C/C=C\C/C=C\CC)C(=O)CCC(=O)NCCCC[C@H](NC(=O)CCC(=O)N(CCOC(=O)CCCCCCC/C=C\C/C=C\C/C=C\CC)CCOC(=O)CCCCCCC/C=C\C/C=C\C/C=C\CC)C(=O)NCCCOCCOCCOCC. The number of esters is 4. The van der Waals surface area contributed by atoms with Crippen LogP contribution in [0.15, 0.2) is 146 Å². The third-order valence-corrected chi connectivity index (χ3v) is 20.1. The molecule has 3 N–H and O–H groups in total. The van der Waals surface area contributed by atoms with Gasteiger partial charge in [0.2, 0.25) is 29.5 Å². The lowest BCUT2D eigenvalue weighted by Crippen LogP contribution is -2.47. The fourth-order valence-electron chi connectivity index (χ4n) is 12.8. The highest BCUT2D eigenvalue weighted by Crippen LogP contribution is 2.15. The van der Waals surface area contributed by atoms with Gasteiger partial charge in [0.05, 0.1) is 52.6 Å². The number of hydrogen-bond acceptors (Lipinski definition) is 16. The summed E-state index contributed by atoms with van der Waals surface area (Å²) in [6, 6.07) is -0.987. The van der Waals surface area contributed by atoms with Crippen molar-refractivity contribution >= 4 is 53.4 Å². The Hall–Kier alpha value is -8.01. The molecular formula is C103H171N5O16. The molecule has 704 valence electrons. The predicted octanol–water partition coefficient (Wildman–Crippen LogP) is 22.1. The standard InChI is InChI=1S/C103H171N5O16/c1-6-11-15-19-23-27-31-35-39-43-47-51-55-59-63-71-99(113)121-86-81-107(82-87-122-100(114)72-64-60-56-52-48-44-40-36-32-28-24-20-16-12-7-2)97(111)77-75-95(109)104-79-68-67-70-94(103(117)105-80-69-85-119-92-93-120-91-90-118-10-5)106-96(110)76-78-98(112)108(83-88-123-101(115)73-65-61-57-53-49-45-41-37-33-29-25-21-17-13-8-3)84-89-124-102(116)74-66-62-58-54-50-46-42-38-34-30-26-22-18-14-9-4/h11-18,23-30,35-42,94H,6-10,19-22,31-34,43-93H2,1-5H3,(H,104,109)(H,105,117)(H,106,110)/b15-11-,16-12-,17-13-,18-14-,27-23-,28-24-,29-25-,30-26-,39-35-,40-36-,41-37-,42-38-/t94-/m0/s1. The third-order valence-electron chi connectivity index (χ3n) is 20.1. The summed E-state index contributed by atoms with van der Waals surface area (Å²) in [5, 5.41) is 8.63. The zero-order chi connectivity index (χ0) is 90.2. The first-order chi connectivity index (χ1) is 60.8. The molecule has 21 heteroatoms. The average Bonchev–Trinajstić information content (AvgIpc) is 0.912. The van der Waals surface area contributed by atoms with Crippen LogP contribution in [0.2, 0.25) is 0 Å². The number of carbonyl (C=O) groups excluding carboxylic acids is 9. The molecule has 0 aromatic heterocycles. The Morgan fingerprint density at radius 3 is 0.871 bits per heavy atom. The minimum absolute atomic E-state index is 0.0253. The fourth-order valence-corrected chi connectivity index (χ4v) is 12.8. The second-order valence-corrected chi connectivity index (χ2v) is 31.1. The van der Waals surface area contributed by atoms with E-state index in [1.165, 1.54) is 9.80 Å². The Morgan fingerprint density at radius 1 is 0.258 bits per heavy atom. The zero-order valence-electron chi connectivity index (χ0n) is 78.1. The van der Waals surface area contributed by atoms with E-state index in [0.717, 1.165) is 205 Å². The summed E-state index contributed by atoms with van der Waals surface area (Å²) in [5.41, 5.74) is 0. The molecule has 0 aromatic rings. The van der Waals surface area contributed by atoms with Gasteiger partial charge in [0.15, 0.2) is 0 Å². The number of nitrogens with one attached hydrogen (secondary N) is 3. The highest BCUT2D eigenvalue weighted by atomic mass is 16.6. The quantitative estimate of drug-likeness (QED) is 0.0221. The van der Waals surface area contributed by atoms with Crippen LogP contribution in [0, 0.1) is 0 Å². The summed E-state index contributed by atoms with van der Waals surface area (Å²) in [6.07, 6.45) is 89.5. The van der Waals surface area contributed by atoms with Crippen molar-refractivity contribution in [2.45, 2.75) is 349 Å². The lowest BCUT2D eigenvalue weighted by molar-refractivity contribution is -0.148. The molecule has 0 aliphatic carbocycles. The Labute approximate surface area is 751 Å². The summed E-state index contributed by atoms with van der Waals surface area (Å²) in [4.78, 5) is 123. The van der Waals surface area contributed by atoms with E-state index in [4.69, 9.17) is 33.2 Å². The molecule has 21 nitrogen and oxygen atoms in total. The van der Waals surface area contributed by atoms with Crippen molar-refractivity contribution in [1.29, 1.82) is 0 Å². The first kappa shape index (κ1) is 116. The molecule has 5 amide bonds. The van der Waals surface area contributed by atoms with Crippen LogP contribution in [0.4, 0.5) is 0 Å². The smallest absolute Gasteiger partial charge is 0.305 e. The lowest BCUT2D eigenvalue weighted by Gasteiger charge is -2.23. The van der Waals surface area contributed by atoms with Gasteiger partial charge in [0, 0.05) is 77.7 Å². The van der Waals surface area contributed by atoms with Crippen molar-refractivity contribution in [3.8, 4) is 0 Å². The number of hydrogen-bond donors (Lipinski definition) is 3. The van der Waals surface area contributed by atoms with Crippen LogP contribution in [0.1, 0.15) is 343 Å². The van der Waals surface area contributed by atoms with Crippen molar-refractivity contribution in [3.63, 3.8) is 0 Å². The van der Waals surface area contributed by atoms with Gasteiger partial charge >= 0.3 is 23.9 Å². The molecule has 0 radical (unpaired) electrons. The van der Waals surface area contributed by atoms with Gasteiger partial charge < -0.3 is 58.9 Å². The maximum absolute atomic E-state index is 14.0. The highest BCUT2D eigenvalue weighted by Gasteiger charge is 2.24.